The molecule has 1 N–H and O–H groups in total. The van der Waals surface area contributed by atoms with Crippen molar-refractivity contribution in [1.82, 2.24) is 5.32 Å². The number of hydrogen-bond acceptors (Lipinski definition) is 1. The second-order valence-electron chi connectivity index (χ2n) is 6.95. The fraction of sp³-hybridized carbons (Fsp3) is 1.00. The van der Waals surface area contributed by atoms with Crippen molar-refractivity contribution in [2.24, 2.45) is 11.3 Å². The van der Waals surface area contributed by atoms with E-state index >= 15 is 0 Å². The summed E-state index contributed by atoms with van der Waals surface area (Å²) in [6, 6.07) is 1.56. The molecule has 0 bridgehead atoms. The summed E-state index contributed by atoms with van der Waals surface area (Å²) in [6.07, 6.45) is 10.9. The summed E-state index contributed by atoms with van der Waals surface area (Å²) in [4.78, 5) is 0. The molecule has 1 fully saturated rings. The molecule has 0 spiro atoms. The third-order valence-corrected chi connectivity index (χ3v) is 5.34. The van der Waals surface area contributed by atoms with Crippen LogP contribution in [0.1, 0.15) is 86.0 Å². The van der Waals surface area contributed by atoms with Gasteiger partial charge >= 0.3 is 0 Å². The monoisotopic (exact) mass is 253 g/mol. The molecule has 0 aliphatic heterocycles. The minimum Gasteiger partial charge on any atom is -0.311 e. The third-order valence-electron chi connectivity index (χ3n) is 5.34. The molecule has 0 aromatic heterocycles. The molecular formula is C17H35N. The normalized spacial score (nSPS) is 27.2. The molecule has 18 heavy (non-hydrogen) atoms. The molecule has 1 aliphatic rings. The van der Waals surface area contributed by atoms with Gasteiger partial charge in [-0.1, -0.05) is 47.5 Å². The largest absolute Gasteiger partial charge is 0.311 e. The Bertz CT molecular complexity index is 214. The van der Waals surface area contributed by atoms with Crippen molar-refractivity contribution in [1.29, 1.82) is 0 Å². The fourth-order valence-electron chi connectivity index (χ4n) is 3.42. The molecule has 0 radical (unpaired) electrons. The van der Waals surface area contributed by atoms with Crippen LogP contribution in [0, 0.1) is 11.3 Å². The zero-order valence-corrected chi connectivity index (χ0v) is 13.4. The van der Waals surface area contributed by atoms with Gasteiger partial charge in [-0.05, 0) is 49.9 Å². The molecule has 0 aromatic carbocycles. The van der Waals surface area contributed by atoms with E-state index in [1.54, 1.807) is 0 Å². The van der Waals surface area contributed by atoms with Crippen LogP contribution >= 0.6 is 0 Å². The highest BCUT2D eigenvalue weighted by Crippen LogP contribution is 2.40. The van der Waals surface area contributed by atoms with Crippen molar-refractivity contribution in [3.8, 4) is 0 Å². The minimum atomic E-state index is 0.554. The summed E-state index contributed by atoms with van der Waals surface area (Å²) >= 11 is 0. The van der Waals surface area contributed by atoms with Crippen molar-refractivity contribution in [3.63, 3.8) is 0 Å². The molecular weight excluding hydrogens is 218 g/mol. The maximum atomic E-state index is 3.90. The van der Waals surface area contributed by atoms with Crippen LogP contribution in [-0.2, 0) is 0 Å². The van der Waals surface area contributed by atoms with Crippen LogP contribution in [0.4, 0.5) is 0 Å². The Morgan fingerprint density at radius 2 is 1.67 bits per heavy atom. The Morgan fingerprint density at radius 1 is 1.06 bits per heavy atom. The molecule has 1 rings (SSSR count). The van der Waals surface area contributed by atoms with Gasteiger partial charge in [0.1, 0.15) is 0 Å². The quantitative estimate of drug-likeness (QED) is 0.661. The second-order valence-corrected chi connectivity index (χ2v) is 6.95. The van der Waals surface area contributed by atoms with Crippen molar-refractivity contribution in [3.05, 3.63) is 0 Å². The SMILES string of the molecule is CCCC(CC)NC1CCC(C(C)(C)CC)CC1. The lowest BCUT2D eigenvalue weighted by Crippen LogP contribution is -2.41. The summed E-state index contributed by atoms with van der Waals surface area (Å²) in [7, 11) is 0. The van der Waals surface area contributed by atoms with Crippen molar-refractivity contribution < 1.29 is 0 Å². The maximum Gasteiger partial charge on any atom is 0.00698 e. The number of hydrogen-bond donors (Lipinski definition) is 1. The van der Waals surface area contributed by atoms with Crippen LogP contribution < -0.4 is 5.32 Å². The maximum absolute atomic E-state index is 3.90. The summed E-state index contributed by atoms with van der Waals surface area (Å²) in [5, 5.41) is 3.90. The molecule has 0 aromatic rings. The van der Waals surface area contributed by atoms with Gasteiger partial charge in [0.15, 0.2) is 0 Å². The smallest absolute Gasteiger partial charge is 0.00698 e. The van der Waals surface area contributed by atoms with E-state index in [1.807, 2.05) is 0 Å². The Kier molecular flexibility index (Phi) is 6.70. The molecule has 1 saturated carbocycles. The van der Waals surface area contributed by atoms with Crippen LogP contribution in [0.5, 0.6) is 0 Å². The summed E-state index contributed by atoms with van der Waals surface area (Å²) in [6.45, 7) is 11.9. The average molecular weight is 253 g/mol. The van der Waals surface area contributed by atoms with Gasteiger partial charge in [-0.2, -0.15) is 0 Å². The van der Waals surface area contributed by atoms with E-state index in [2.05, 4.69) is 39.9 Å². The number of nitrogens with one attached hydrogen (secondary N) is 1. The van der Waals surface area contributed by atoms with Crippen molar-refractivity contribution in [2.75, 3.05) is 0 Å². The molecule has 1 nitrogen and oxygen atoms in total. The molecule has 0 heterocycles. The standard InChI is InChI=1S/C17H35N/c1-6-9-15(7-2)18-16-12-10-14(11-13-16)17(4,5)8-3/h14-16,18H,6-13H2,1-5H3. The fourth-order valence-corrected chi connectivity index (χ4v) is 3.42. The summed E-state index contributed by atoms with van der Waals surface area (Å²) < 4.78 is 0. The zero-order valence-electron chi connectivity index (χ0n) is 13.4. The first kappa shape index (κ1) is 16.0. The van der Waals surface area contributed by atoms with Crippen LogP contribution in [0.3, 0.4) is 0 Å². The first-order chi connectivity index (χ1) is 8.53. The predicted molar refractivity (Wildman–Crippen MR) is 81.9 cm³/mol. The first-order valence-electron chi connectivity index (χ1n) is 8.29. The van der Waals surface area contributed by atoms with E-state index in [-0.39, 0.29) is 0 Å². The Hall–Kier alpha value is -0.0400. The number of rotatable bonds is 7. The van der Waals surface area contributed by atoms with E-state index in [9.17, 15) is 0 Å². The summed E-state index contributed by atoms with van der Waals surface area (Å²) in [5.41, 5.74) is 0.554. The van der Waals surface area contributed by atoms with Gasteiger partial charge in [-0.3, -0.25) is 0 Å². The van der Waals surface area contributed by atoms with Gasteiger partial charge in [-0.25, -0.2) is 0 Å². The second kappa shape index (κ2) is 7.53. The van der Waals surface area contributed by atoms with Gasteiger partial charge in [0.2, 0.25) is 0 Å². The predicted octanol–water partition coefficient (Wildman–Crippen LogP) is 5.15. The van der Waals surface area contributed by atoms with Gasteiger partial charge < -0.3 is 5.32 Å². The van der Waals surface area contributed by atoms with E-state index < -0.39 is 0 Å². The topological polar surface area (TPSA) is 12.0 Å². The molecule has 0 amide bonds. The Balaban J connectivity index is 2.35. The lowest BCUT2D eigenvalue weighted by atomic mass is 9.69. The lowest BCUT2D eigenvalue weighted by molar-refractivity contribution is 0.133. The van der Waals surface area contributed by atoms with E-state index in [0.29, 0.717) is 5.41 Å². The van der Waals surface area contributed by atoms with Crippen molar-refractivity contribution >= 4 is 0 Å². The molecule has 1 unspecified atom stereocenters. The van der Waals surface area contributed by atoms with E-state index in [0.717, 1.165) is 18.0 Å². The van der Waals surface area contributed by atoms with Crippen LogP contribution in [0.25, 0.3) is 0 Å². The van der Waals surface area contributed by atoms with Gasteiger partial charge in [0.25, 0.3) is 0 Å². The van der Waals surface area contributed by atoms with E-state index in [1.165, 1.54) is 51.4 Å². The van der Waals surface area contributed by atoms with Gasteiger partial charge in [0.05, 0.1) is 0 Å². The lowest BCUT2D eigenvalue weighted by Gasteiger charge is -2.40. The molecule has 0 saturated heterocycles. The highest BCUT2D eigenvalue weighted by atomic mass is 14.9. The Morgan fingerprint density at radius 3 is 2.11 bits per heavy atom. The third kappa shape index (κ3) is 4.57. The van der Waals surface area contributed by atoms with Crippen LogP contribution in [-0.4, -0.2) is 12.1 Å². The Labute approximate surface area is 115 Å². The minimum absolute atomic E-state index is 0.554. The summed E-state index contributed by atoms with van der Waals surface area (Å²) in [5.74, 6) is 0.951. The zero-order chi connectivity index (χ0) is 13.6. The highest BCUT2D eigenvalue weighted by molar-refractivity contribution is 4.86. The average Bonchev–Trinajstić information content (AvgIpc) is 2.39. The first-order valence-corrected chi connectivity index (χ1v) is 8.29. The highest BCUT2D eigenvalue weighted by Gasteiger charge is 2.31. The van der Waals surface area contributed by atoms with Gasteiger partial charge in [0, 0.05) is 12.1 Å². The molecule has 108 valence electrons. The van der Waals surface area contributed by atoms with Crippen LogP contribution in [0.2, 0.25) is 0 Å². The van der Waals surface area contributed by atoms with Crippen molar-refractivity contribution in [2.45, 2.75) is 98.1 Å². The van der Waals surface area contributed by atoms with E-state index in [4.69, 9.17) is 0 Å². The molecule has 1 aliphatic carbocycles. The van der Waals surface area contributed by atoms with Crippen LogP contribution in [0.15, 0.2) is 0 Å². The van der Waals surface area contributed by atoms with Gasteiger partial charge in [-0.15, -0.1) is 0 Å². The molecule has 1 atom stereocenters. The molecule has 1 heteroatoms.